The van der Waals surface area contributed by atoms with Gasteiger partial charge in [-0.2, -0.15) is 0 Å². The van der Waals surface area contributed by atoms with Crippen molar-refractivity contribution in [2.45, 2.75) is 19.8 Å². The predicted molar refractivity (Wildman–Crippen MR) is 56.5 cm³/mol. The van der Waals surface area contributed by atoms with Gasteiger partial charge in [0.15, 0.2) is 0 Å². The topological polar surface area (TPSA) is 49.0 Å². The normalized spacial score (nSPS) is 10.9. The molecule has 1 aromatic rings. The molecule has 0 unspecified atom stereocenters. The Morgan fingerprint density at radius 2 is 2.21 bits per heavy atom. The van der Waals surface area contributed by atoms with E-state index in [1.165, 1.54) is 0 Å². The highest BCUT2D eigenvalue weighted by molar-refractivity contribution is 5.16. The SMILES string of the molecule is CCc1[nH]c(=O)ncc1CCN(C)C. The number of H-pyrrole nitrogens is 1. The molecule has 4 heteroatoms. The maximum absolute atomic E-state index is 11.0. The van der Waals surface area contributed by atoms with E-state index in [1.54, 1.807) is 6.20 Å². The number of hydrogen-bond donors (Lipinski definition) is 1. The highest BCUT2D eigenvalue weighted by Crippen LogP contribution is 2.03. The van der Waals surface area contributed by atoms with Crippen LogP contribution in [0.3, 0.4) is 0 Å². The van der Waals surface area contributed by atoms with E-state index in [2.05, 4.69) is 14.9 Å². The van der Waals surface area contributed by atoms with Gasteiger partial charge < -0.3 is 9.88 Å². The molecule has 4 nitrogen and oxygen atoms in total. The summed E-state index contributed by atoms with van der Waals surface area (Å²) in [5.41, 5.74) is 1.89. The Bertz CT molecular complexity index is 343. The highest BCUT2D eigenvalue weighted by atomic mass is 16.1. The number of hydrogen-bond acceptors (Lipinski definition) is 3. The van der Waals surface area contributed by atoms with Gasteiger partial charge in [0.25, 0.3) is 0 Å². The first kappa shape index (κ1) is 10.9. The van der Waals surface area contributed by atoms with E-state index >= 15 is 0 Å². The zero-order valence-electron chi connectivity index (χ0n) is 9.00. The molecule has 0 aliphatic carbocycles. The summed E-state index contributed by atoms with van der Waals surface area (Å²) in [7, 11) is 4.06. The number of aryl methyl sites for hydroxylation is 1. The summed E-state index contributed by atoms with van der Waals surface area (Å²) in [5, 5.41) is 0. The Kier molecular flexibility index (Phi) is 3.83. The average Bonchev–Trinajstić information content (AvgIpc) is 2.15. The molecule has 1 N–H and O–H groups in total. The summed E-state index contributed by atoms with van der Waals surface area (Å²) in [6, 6.07) is 0. The molecule has 0 saturated carbocycles. The first-order valence-corrected chi connectivity index (χ1v) is 4.85. The standard InChI is InChI=1S/C10H17N3O/c1-4-9-8(5-6-13(2)3)7-11-10(14)12-9/h7H,4-6H2,1-3H3,(H,11,12,14). The molecule has 0 atom stereocenters. The van der Waals surface area contributed by atoms with E-state index in [0.717, 1.165) is 30.6 Å². The van der Waals surface area contributed by atoms with E-state index in [-0.39, 0.29) is 5.69 Å². The molecule has 0 aliphatic rings. The van der Waals surface area contributed by atoms with Gasteiger partial charge in [-0.3, -0.25) is 0 Å². The van der Waals surface area contributed by atoms with Gasteiger partial charge in [-0.25, -0.2) is 9.78 Å². The average molecular weight is 195 g/mol. The fourth-order valence-corrected chi connectivity index (χ4v) is 1.33. The molecule has 78 valence electrons. The minimum atomic E-state index is -0.254. The molecule has 0 aromatic carbocycles. The molecule has 0 fully saturated rings. The minimum Gasteiger partial charge on any atom is -0.310 e. The number of rotatable bonds is 4. The fraction of sp³-hybridized carbons (Fsp3) is 0.600. The van der Waals surface area contributed by atoms with Gasteiger partial charge in [-0.15, -0.1) is 0 Å². The van der Waals surface area contributed by atoms with E-state index < -0.39 is 0 Å². The zero-order chi connectivity index (χ0) is 10.6. The Morgan fingerprint density at radius 1 is 1.50 bits per heavy atom. The Labute approximate surface area is 84.0 Å². The number of aromatic nitrogens is 2. The maximum Gasteiger partial charge on any atom is 0.345 e. The molecular formula is C10H17N3O. The van der Waals surface area contributed by atoms with Crippen LogP contribution in [0.5, 0.6) is 0 Å². The van der Waals surface area contributed by atoms with Gasteiger partial charge in [0.05, 0.1) is 0 Å². The van der Waals surface area contributed by atoms with Gasteiger partial charge in [-0.05, 0) is 32.5 Å². The van der Waals surface area contributed by atoms with Crippen molar-refractivity contribution in [2.75, 3.05) is 20.6 Å². The Morgan fingerprint density at radius 3 is 2.79 bits per heavy atom. The van der Waals surface area contributed by atoms with E-state index in [0.29, 0.717) is 0 Å². The first-order chi connectivity index (χ1) is 6.63. The van der Waals surface area contributed by atoms with Gasteiger partial charge >= 0.3 is 5.69 Å². The molecule has 14 heavy (non-hydrogen) atoms. The van der Waals surface area contributed by atoms with E-state index in [1.807, 2.05) is 21.0 Å². The summed E-state index contributed by atoms with van der Waals surface area (Å²) in [6.07, 6.45) is 3.46. The van der Waals surface area contributed by atoms with Crippen molar-refractivity contribution in [1.29, 1.82) is 0 Å². The van der Waals surface area contributed by atoms with Crippen LogP contribution in [-0.2, 0) is 12.8 Å². The Balaban J connectivity index is 2.80. The van der Waals surface area contributed by atoms with Crippen molar-refractivity contribution in [1.82, 2.24) is 14.9 Å². The van der Waals surface area contributed by atoms with Crippen LogP contribution in [0.2, 0.25) is 0 Å². The largest absolute Gasteiger partial charge is 0.345 e. The monoisotopic (exact) mass is 195 g/mol. The zero-order valence-corrected chi connectivity index (χ0v) is 9.00. The van der Waals surface area contributed by atoms with Crippen LogP contribution in [0.1, 0.15) is 18.2 Å². The van der Waals surface area contributed by atoms with Crippen molar-refractivity contribution < 1.29 is 0 Å². The smallest absolute Gasteiger partial charge is 0.310 e. The quantitative estimate of drug-likeness (QED) is 0.758. The Hall–Kier alpha value is -1.16. The van der Waals surface area contributed by atoms with Gasteiger partial charge in [0.1, 0.15) is 0 Å². The van der Waals surface area contributed by atoms with Crippen molar-refractivity contribution in [3.63, 3.8) is 0 Å². The van der Waals surface area contributed by atoms with Crippen molar-refractivity contribution >= 4 is 0 Å². The molecule has 1 heterocycles. The predicted octanol–water partition coefficient (Wildman–Crippen LogP) is 0.436. The first-order valence-electron chi connectivity index (χ1n) is 4.85. The fourth-order valence-electron chi connectivity index (χ4n) is 1.33. The third-order valence-corrected chi connectivity index (χ3v) is 2.16. The van der Waals surface area contributed by atoms with Crippen LogP contribution in [-0.4, -0.2) is 35.5 Å². The summed E-state index contributed by atoms with van der Waals surface area (Å²) < 4.78 is 0. The van der Waals surface area contributed by atoms with Crippen LogP contribution in [0.25, 0.3) is 0 Å². The molecular weight excluding hydrogens is 178 g/mol. The molecule has 0 aliphatic heterocycles. The molecule has 0 bridgehead atoms. The van der Waals surface area contributed by atoms with Crippen molar-refractivity contribution in [2.24, 2.45) is 0 Å². The lowest BCUT2D eigenvalue weighted by Crippen LogP contribution is -2.19. The van der Waals surface area contributed by atoms with Crippen LogP contribution in [0.15, 0.2) is 11.0 Å². The summed E-state index contributed by atoms with van der Waals surface area (Å²) in [5.74, 6) is 0. The van der Waals surface area contributed by atoms with Gasteiger partial charge in [0.2, 0.25) is 0 Å². The number of nitrogens with one attached hydrogen (secondary N) is 1. The summed E-state index contributed by atoms with van der Waals surface area (Å²) in [4.78, 5) is 19.6. The molecule has 1 aromatic heterocycles. The molecule has 0 radical (unpaired) electrons. The number of likely N-dealkylation sites (N-methyl/N-ethyl adjacent to an activating group) is 1. The van der Waals surface area contributed by atoms with Gasteiger partial charge in [-0.1, -0.05) is 6.92 Å². The second kappa shape index (κ2) is 4.91. The molecule has 1 rings (SSSR count). The van der Waals surface area contributed by atoms with Gasteiger partial charge in [0, 0.05) is 18.4 Å². The second-order valence-electron chi connectivity index (χ2n) is 3.60. The van der Waals surface area contributed by atoms with Crippen LogP contribution < -0.4 is 5.69 Å². The van der Waals surface area contributed by atoms with Crippen LogP contribution in [0, 0.1) is 0 Å². The van der Waals surface area contributed by atoms with Crippen molar-refractivity contribution in [3.05, 3.63) is 27.9 Å². The number of aromatic amines is 1. The van der Waals surface area contributed by atoms with Crippen LogP contribution in [0.4, 0.5) is 0 Å². The lowest BCUT2D eigenvalue weighted by Gasteiger charge is -2.10. The molecule has 0 spiro atoms. The summed E-state index contributed by atoms with van der Waals surface area (Å²) in [6.45, 7) is 3.01. The van der Waals surface area contributed by atoms with Crippen LogP contribution >= 0.6 is 0 Å². The number of nitrogens with zero attached hydrogens (tertiary/aromatic N) is 2. The molecule has 0 amide bonds. The molecule has 0 saturated heterocycles. The van der Waals surface area contributed by atoms with E-state index in [4.69, 9.17) is 0 Å². The maximum atomic E-state index is 11.0. The highest BCUT2D eigenvalue weighted by Gasteiger charge is 2.02. The lowest BCUT2D eigenvalue weighted by molar-refractivity contribution is 0.412. The summed E-state index contributed by atoms with van der Waals surface area (Å²) >= 11 is 0. The second-order valence-corrected chi connectivity index (χ2v) is 3.60. The third kappa shape index (κ3) is 2.96. The van der Waals surface area contributed by atoms with E-state index in [9.17, 15) is 4.79 Å². The third-order valence-electron chi connectivity index (χ3n) is 2.16. The van der Waals surface area contributed by atoms with Crippen molar-refractivity contribution in [3.8, 4) is 0 Å². The lowest BCUT2D eigenvalue weighted by atomic mass is 10.1. The minimum absolute atomic E-state index is 0.254.